The average molecular weight is 239 g/mol. The molecule has 0 bridgehead atoms. The Kier molecular flexibility index (Phi) is 4.11. The minimum atomic E-state index is -0.284. The van der Waals surface area contributed by atoms with Crippen molar-refractivity contribution < 1.29 is 8.87 Å². The number of hydrogen-bond acceptors (Lipinski definition) is 1. The molecule has 3 heteroatoms. The number of unbranched alkanes of at least 4 members (excludes halogenated alkanes) is 1. The van der Waals surface area contributed by atoms with Crippen LogP contribution >= 0.6 is 0 Å². The van der Waals surface area contributed by atoms with Crippen molar-refractivity contribution in [2.45, 2.75) is 51.1 Å². The van der Waals surface area contributed by atoms with Crippen molar-refractivity contribution in [1.82, 2.24) is 5.12 Å². The van der Waals surface area contributed by atoms with E-state index in [0.717, 1.165) is 42.8 Å². The van der Waals surface area contributed by atoms with Gasteiger partial charge in [-0.2, -0.15) is 0 Å². The number of halogens is 2. The molecule has 1 aliphatic heterocycles. The van der Waals surface area contributed by atoms with Crippen LogP contribution in [0.25, 0.3) is 0 Å². The fourth-order valence-electron chi connectivity index (χ4n) is 2.58. The van der Waals surface area contributed by atoms with Gasteiger partial charge in [0.15, 0.2) is 0 Å². The van der Waals surface area contributed by atoms with Crippen LogP contribution in [0.15, 0.2) is 24.3 Å². The Bertz CT molecular complexity index is 367. The molecule has 0 aromatic heterocycles. The molecular formula is C14H19F2N. The lowest BCUT2D eigenvalue weighted by Crippen LogP contribution is -2.23. The van der Waals surface area contributed by atoms with E-state index in [2.05, 4.69) is 6.92 Å². The van der Waals surface area contributed by atoms with Crippen LogP contribution in [0.3, 0.4) is 0 Å². The molecule has 0 amide bonds. The molecule has 94 valence electrons. The minimum Gasteiger partial charge on any atom is -0.207 e. The van der Waals surface area contributed by atoms with Gasteiger partial charge in [-0.05, 0) is 37.0 Å². The van der Waals surface area contributed by atoms with Crippen LogP contribution < -0.4 is 0 Å². The fourth-order valence-corrected chi connectivity index (χ4v) is 2.58. The second-order valence-corrected chi connectivity index (χ2v) is 4.79. The van der Waals surface area contributed by atoms with E-state index in [0.29, 0.717) is 0 Å². The summed E-state index contributed by atoms with van der Waals surface area (Å²) in [7, 11) is 0. The van der Waals surface area contributed by atoms with Gasteiger partial charge in [-0.15, -0.1) is 9.60 Å². The first-order chi connectivity index (χ1) is 8.22. The molecule has 0 spiro atoms. The first kappa shape index (κ1) is 12.5. The molecule has 1 nitrogen and oxygen atoms in total. The predicted molar refractivity (Wildman–Crippen MR) is 64.6 cm³/mol. The van der Waals surface area contributed by atoms with E-state index in [1.54, 1.807) is 6.07 Å². The molecule has 1 aliphatic rings. The highest BCUT2D eigenvalue weighted by Gasteiger charge is 2.34. The third kappa shape index (κ3) is 2.83. The van der Waals surface area contributed by atoms with Crippen LogP contribution in [0, 0.1) is 5.82 Å². The van der Waals surface area contributed by atoms with Crippen LogP contribution in [0.1, 0.15) is 50.6 Å². The monoisotopic (exact) mass is 239 g/mol. The van der Waals surface area contributed by atoms with E-state index >= 15 is 0 Å². The standard InChI is InChI=1S/C14H19F2N/c1-2-3-7-13-8-9-14(17(13)16)11-5-4-6-12(15)10-11/h4-6,10,13-14H,2-3,7-9H2,1H3. The molecule has 2 rings (SSSR count). The van der Waals surface area contributed by atoms with Gasteiger partial charge in [0, 0.05) is 6.04 Å². The predicted octanol–water partition coefficient (Wildman–Crippen LogP) is 4.41. The Labute approximate surface area is 101 Å². The van der Waals surface area contributed by atoms with Crippen molar-refractivity contribution in [2.24, 2.45) is 0 Å². The topological polar surface area (TPSA) is 3.24 Å². The Morgan fingerprint density at radius 2 is 2.18 bits per heavy atom. The van der Waals surface area contributed by atoms with Gasteiger partial charge in [0.2, 0.25) is 0 Å². The van der Waals surface area contributed by atoms with Gasteiger partial charge in [0.25, 0.3) is 0 Å². The lowest BCUT2D eigenvalue weighted by atomic mass is 10.0. The summed E-state index contributed by atoms with van der Waals surface area (Å²) in [4.78, 5) is 0. The first-order valence-electron chi connectivity index (χ1n) is 6.42. The molecule has 17 heavy (non-hydrogen) atoms. The maximum atomic E-state index is 14.1. The summed E-state index contributed by atoms with van der Waals surface area (Å²) in [5.74, 6) is -0.284. The zero-order valence-electron chi connectivity index (χ0n) is 10.2. The van der Waals surface area contributed by atoms with Gasteiger partial charge in [0.1, 0.15) is 5.82 Å². The molecule has 1 aromatic rings. The Morgan fingerprint density at radius 1 is 1.35 bits per heavy atom. The number of benzene rings is 1. The number of nitrogens with zero attached hydrogens (tertiary/aromatic N) is 1. The quantitative estimate of drug-likeness (QED) is 0.704. The van der Waals surface area contributed by atoms with Crippen LogP contribution in [0.4, 0.5) is 8.87 Å². The molecular weight excluding hydrogens is 220 g/mol. The van der Waals surface area contributed by atoms with E-state index in [1.807, 2.05) is 6.07 Å². The van der Waals surface area contributed by atoms with Crippen LogP contribution in [-0.2, 0) is 0 Å². The molecule has 0 aliphatic carbocycles. The van der Waals surface area contributed by atoms with Gasteiger partial charge >= 0.3 is 0 Å². The second kappa shape index (κ2) is 5.58. The highest BCUT2D eigenvalue weighted by molar-refractivity contribution is 5.21. The van der Waals surface area contributed by atoms with E-state index in [1.165, 1.54) is 12.1 Å². The van der Waals surface area contributed by atoms with Crippen molar-refractivity contribution in [2.75, 3.05) is 0 Å². The third-order valence-electron chi connectivity index (χ3n) is 3.54. The molecule has 0 N–H and O–H groups in total. The minimum absolute atomic E-state index is 0.0169. The molecule has 1 fully saturated rings. The molecule has 1 saturated heterocycles. The molecule has 1 heterocycles. The molecule has 0 radical (unpaired) electrons. The summed E-state index contributed by atoms with van der Waals surface area (Å²) in [6, 6.07) is 6.06. The normalized spacial score (nSPS) is 25.4. The second-order valence-electron chi connectivity index (χ2n) is 4.79. The highest BCUT2D eigenvalue weighted by Crippen LogP contribution is 2.38. The van der Waals surface area contributed by atoms with Gasteiger partial charge in [-0.1, -0.05) is 31.9 Å². The number of hydrogen-bond donors (Lipinski definition) is 0. The maximum absolute atomic E-state index is 14.1. The Balaban J connectivity index is 2.04. The highest BCUT2D eigenvalue weighted by atomic mass is 19.2. The zero-order valence-corrected chi connectivity index (χ0v) is 10.2. The summed E-state index contributed by atoms with van der Waals surface area (Å²) < 4.78 is 27.2. The van der Waals surface area contributed by atoms with Gasteiger partial charge in [-0.25, -0.2) is 4.39 Å². The lowest BCUT2D eigenvalue weighted by Gasteiger charge is -2.21. The van der Waals surface area contributed by atoms with Crippen molar-refractivity contribution in [3.8, 4) is 0 Å². The molecule has 1 aromatic carbocycles. The Hall–Kier alpha value is -0.960. The Morgan fingerprint density at radius 3 is 2.88 bits per heavy atom. The summed E-state index contributed by atoms with van der Waals surface area (Å²) >= 11 is 0. The van der Waals surface area contributed by atoms with E-state index in [-0.39, 0.29) is 17.9 Å². The molecule has 2 atom stereocenters. The van der Waals surface area contributed by atoms with Gasteiger partial charge in [-0.3, -0.25) is 0 Å². The van der Waals surface area contributed by atoms with E-state index in [4.69, 9.17) is 0 Å². The van der Waals surface area contributed by atoms with Gasteiger partial charge in [0.05, 0.1) is 6.04 Å². The third-order valence-corrected chi connectivity index (χ3v) is 3.54. The van der Waals surface area contributed by atoms with E-state index < -0.39 is 0 Å². The SMILES string of the molecule is CCCCC1CCC(c2cccc(F)c2)N1F. The smallest absolute Gasteiger partial charge is 0.123 e. The lowest BCUT2D eigenvalue weighted by molar-refractivity contribution is -0.0334. The van der Waals surface area contributed by atoms with Crippen LogP contribution in [0.2, 0.25) is 0 Å². The largest absolute Gasteiger partial charge is 0.207 e. The molecule has 2 unspecified atom stereocenters. The van der Waals surface area contributed by atoms with Gasteiger partial charge < -0.3 is 0 Å². The summed E-state index contributed by atoms with van der Waals surface area (Å²) in [5.41, 5.74) is 0.756. The average Bonchev–Trinajstić information content (AvgIpc) is 2.68. The van der Waals surface area contributed by atoms with Crippen LogP contribution in [-0.4, -0.2) is 11.2 Å². The summed E-state index contributed by atoms with van der Waals surface area (Å²) in [6.45, 7) is 2.11. The van der Waals surface area contributed by atoms with E-state index in [9.17, 15) is 8.87 Å². The summed E-state index contributed by atoms with van der Waals surface area (Å²) in [6.07, 6.45) is 4.71. The van der Waals surface area contributed by atoms with Crippen molar-refractivity contribution in [3.05, 3.63) is 35.6 Å². The van der Waals surface area contributed by atoms with Crippen molar-refractivity contribution >= 4 is 0 Å². The van der Waals surface area contributed by atoms with Crippen molar-refractivity contribution in [3.63, 3.8) is 0 Å². The number of rotatable bonds is 4. The van der Waals surface area contributed by atoms with Crippen molar-refractivity contribution in [1.29, 1.82) is 0 Å². The maximum Gasteiger partial charge on any atom is 0.123 e. The van der Waals surface area contributed by atoms with Crippen LogP contribution in [0.5, 0.6) is 0 Å². The fraction of sp³-hybridized carbons (Fsp3) is 0.571. The first-order valence-corrected chi connectivity index (χ1v) is 6.42. The summed E-state index contributed by atoms with van der Waals surface area (Å²) in [5, 5.41) is 0.935. The zero-order chi connectivity index (χ0) is 12.3. The molecule has 0 saturated carbocycles.